The summed E-state index contributed by atoms with van der Waals surface area (Å²) in [7, 11) is 0.604. The van der Waals surface area contributed by atoms with Gasteiger partial charge in [-0.1, -0.05) is 97.2 Å². The van der Waals surface area contributed by atoms with Crippen LogP contribution < -0.4 is 0 Å². The minimum Gasteiger partial charge on any atom is -0.499 e. The van der Waals surface area contributed by atoms with Crippen molar-refractivity contribution in [2.24, 2.45) is 0 Å². The molecular weight excluding hydrogens is 545 g/mol. The van der Waals surface area contributed by atoms with Crippen LogP contribution >= 0.6 is 7.82 Å². The molecule has 0 aromatic carbocycles. The molecule has 2 atom stereocenters. The number of phosphoric ester groups is 1. The Morgan fingerprint density at radius 3 is 1.95 bits per heavy atom. The van der Waals surface area contributed by atoms with Crippen molar-refractivity contribution in [2.75, 3.05) is 60.9 Å². The summed E-state index contributed by atoms with van der Waals surface area (Å²) < 4.78 is 40.3. The molecule has 1 unspecified atom stereocenters. The Hall–Kier alpha value is -0.253. The van der Waals surface area contributed by atoms with Crippen LogP contribution in [-0.2, 0) is 27.8 Å². The molecule has 0 saturated heterocycles. The normalized spacial score (nSPS) is 15.0. The van der Waals surface area contributed by atoms with E-state index in [-0.39, 0.29) is 26.6 Å². The zero-order valence-corrected chi connectivity index (χ0v) is 29.1. The zero-order chi connectivity index (χ0) is 30.2. The summed E-state index contributed by atoms with van der Waals surface area (Å²) in [5, 5.41) is 0. The highest BCUT2D eigenvalue weighted by molar-refractivity contribution is 7.47. The van der Waals surface area contributed by atoms with Crippen molar-refractivity contribution in [3.8, 4) is 0 Å². The Kier molecular flexibility index (Phi) is 24.1. The Morgan fingerprint density at radius 1 is 0.825 bits per heavy atom. The molecule has 0 saturated carbocycles. The van der Waals surface area contributed by atoms with Crippen molar-refractivity contribution in [3.63, 3.8) is 0 Å². The second kappa shape index (κ2) is 24.2. The first-order valence-electron chi connectivity index (χ1n) is 15.7. The number of allylic oxidation sites excluding steroid dienone is 1. The second-order valence-corrected chi connectivity index (χ2v) is 20.2. The van der Waals surface area contributed by atoms with E-state index in [0.717, 1.165) is 18.9 Å². The number of quaternary nitrogens is 1. The van der Waals surface area contributed by atoms with Crippen molar-refractivity contribution in [3.05, 3.63) is 12.3 Å². The summed E-state index contributed by atoms with van der Waals surface area (Å²) in [5.41, 5.74) is 0. The molecule has 10 heteroatoms. The molecule has 0 rings (SSSR count). The summed E-state index contributed by atoms with van der Waals surface area (Å²) in [6.07, 6.45) is 20.2. The molecule has 0 aromatic rings. The molecule has 0 heterocycles. The molecule has 0 fully saturated rings. The molecule has 0 spiro atoms. The SMILES string of the molecule is CCCCCCCCCCCCCC/C=C\OC[C@@H](COP(=O)(O)OCC[N+](C)(C)C)OCOCC[Si](C)(C)C. The molecule has 0 aliphatic heterocycles. The lowest BCUT2D eigenvalue weighted by Gasteiger charge is -2.24. The maximum Gasteiger partial charge on any atom is 0.472 e. The fourth-order valence-corrected chi connectivity index (χ4v) is 5.27. The molecule has 0 aliphatic carbocycles. The lowest BCUT2D eigenvalue weighted by Crippen LogP contribution is -2.37. The van der Waals surface area contributed by atoms with Crippen LogP contribution in [-0.4, -0.2) is 84.5 Å². The van der Waals surface area contributed by atoms with E-state index in [2.05, 4.69) is 26.6 Å². The molecule has 0 radical (unpaired) electrons. The van der Waals surface area contributed by atoms with Gasteiger partial charge in [0.1, 0.15) is 32.7 Å². The van der Waals surface area contributed by atoms with Crippen LogP contribution in [0.2, 0.25) is 25.7 Å². The van der Waals surface area contributed by atoms with Gasteiger partial charge in [0.25, 0.3) is 0 Å². The summed E-state index contributed by atoms with van der Waals surface area (Å²) in [6.45, 7) is 10.7. The van der Waals surface area contributed by atoms with Crippen LogP contribution in [0.25, 0.3) is 0 Å². The molecule has 40 heavy (non-hydrogen) atoms. The highest BCUT2D eigenvalue weighted by atomic mass is 31.2. The largest absolute Gasteiger partial charge is 0.499 e. The van der Waals surface area contributed by atoms with E-state index in [1.807, 2.05) is 27.2 Å². The van der Waals surface area contributed by atoms with Crippen molar-refractivity contribution in [1.82, 2.24) is 0 Å². The topological polar surface area (TPSA) is 83.5 Å². The van der Waals surface area contributed by atoms with Gasteiger partial charge in [-0.05, 0) is 25.0 Å². The molecule has 8 nitrogen and oxygen atoms in total. The van der Waals surface area contributed by atoms with Gasteiger partial charge in [-0.3, -0.25) is 9.05 Å². The number of ether oxygens (including phenoxy) is 3. The van der Waals surface area contributed by atoms with Gasteiger partial charge in [0.2, 0.25) is 0 Å². The Morgan fingerprint density at radius 2 is 1.40 bits per heavy atom. The third-order valence-corrected chi connectivity index (χ3v) is 9.21. The highest BCUT2D eigenvalue weighted by Crippen LogP contribution is 2.43. The van der Waals surface area contributed by atoms with E-state index in [4.69, 9.17) is 23.3 Å². The van der Waals surface area contributed by atoms with Gasteiger partial charge < -0.3 is 23.6 Å². The fraction of sp³-hybridized carbons (Fsp3) is 0.933. The molecule has 0 amide bonds. The number of hydrogen-bond donors (Lipinski definition) is 1. The minimum absolute atomic E-state index is 0.0858. The second-order valence-electron chi connectivity index (χ2n) is 13.1. The third kappa shape index (κ3) is 30.7. The maximum atomic E-state index is 12.3. The number of unbranched alkanes of at least 4 members (excludes halogenated alkanes) is 12. The molecular formula is C30H65NO7PSi+. The molecule has 240 valence electrons. The van der Waals surface area contributed by atoms with E-state index < -0.39 is 22.0 Å². The van der Waals surface area contributed by atoms with E-state index in [0.29, 0.717) is 17.6 Å². The third-order valence-electron chi connectivity index (χ3n) is 6.52. The van der Waals surface area contributed by atoms with Crippen LogP contribution in [0, 0.1) is 0 Å². The van der Waals surface area contributed by atoms with Crippen LogP contribution in [0.15, 0.2) is 12.3 Å². The number of likely N-dealkylation sites (N-methyl/N-ethyl adjacent to an activating group) is 1. The van der Waals surface area contributed by atoms with Crippen LogP contribution in [0.3, 0.4) is 0 Å². The van der Waals surface area contributed by atoms with Gasteiger partial charge in [-0.15, -0.1) is 0 Å². The summed E-state index contributed by atoms with van der Waals surface area (Å²) in [6, 6.07) is 1.04. The summed E-state index contributed by atoms with van der Waals surface area (Å²) in [4.78, 5) is 10.0. The number of rotatable bonds is 29. The van der Waals surface area contributed by atoms with Crippen molar-refractivity contribution < 1.29 is 37.2 Å². The van der Waals surface area contributed by atoms with Gasteiger partial charge in [0.05, 0.1) is 34.0 Å². The number of phosphoric acid groups is 1. The Balaban J connectivity index is 4.19. The first kappa shape index (κ1) is 39.7. The maximum absolute atomic E-state index is 12.3. The van der Waals surface area contributed by atoms with Gasteiger partial charge in [0, 0.05) is 14.7 Å². The van der Waals surface area contributed by atoms with Crippen molar-refractivity contribution in [1.29, 1.82) is 0 Å². The van der Waals surface area contributed by atoms with Crippen LogP contribution in [0.5, 0.6) is 0 Å². The summed E-state index contributed by atoms with van der Waals surface area (Å²) in [5.74, 6) is 0. The Labute approximate surface area is 248 Å². The minimum atomic E-state index is -4.17. The van der Waals surface area contributed by atoms with E-state index >= 15 is 0 Å². The number of nitrogens with zero attached hydrogens (tertiary/aromatic N) is 1. The quantitative estimate of drug-likeness (QED) is 0.0229. The number of hydrogen-bond acceptors (Lipinski definition) is 6. The average Bonchev–Trinajstić information content (AvgIpc) is 2.84. The standard InChI is InChI=1S/C30H64NO7PSi/c1-8-9-10-11-12-13-14-15-16-17-18-19-20-21-23-34-27-30(36-29-35-25-26-40(5,6)7)28-38-39(32,33)37-24-22-31(2,3)4/h21,23,30H,8-20,22,24-29H2,1-7H3/p+1/b23-21-/t30-/m0/s1. The van der Waals surface area contributed by atoms with E-state index in [9.17, 15) is 9.46 Å². The van der Waals surface area contributed by atoms with Gasteiger partial charge in [-0.2, -0.15) is 0 Å². The smallest absolute Gasteiger partial charge is 0.472 e. The molecule has 0 bridgehead atoms. The lowest BCUT2D eigenvalue weighted by molar-refractivity contribution is -0.870. The van der Waals surface area contributed by atoms with Gasteiger partial charge in [-0.25, -0.2) is 4.57 Å². The van der Waals surface area contributed by atoms with Crippen LogP contribution in [0.4, 0.5) is 0 Å². The molecule has 0 aliphatic rings. The monoisotopic (exact) mass is 610 g/mol. The average molecular weight is 611 g/mol. The van der Waals surface area contributed by atoms with E-state index in [1.165, 1.54) is 70.6 Å². The van der Waals surface area contributed by atoms with Crippen molar-refractivity contribution >= 4 is 15.9 Å². The lowest BCUT2D eigenvalue weighted by atomic mass is 10.0. The van der Waals surface area contributed by atoms with Crippen molar-refractivity contribution in [2.45, 2.75) is 122 Å². The predicted molar refractivity (Wildman–Crippen MR) is 169 cm³/mol. The zero-order valence-electron chi connectivity index (χ0n) is 27.2. The molecule has 0 aromatic heterocycles. The predicted octanol–water partition coefficient (Wildman–Crippen LogP) is 8.15. The first-order chi connectivity index (χ1) is 18.8. The summed E-state index contributed by atoms with van der Waals surface area (Å²) >= 11 is 0. The first-order valence-corrected chi connectivity index (χ1v) is 20.9. The molecule has 1 N–H and O–H groups in total. The van der Waals surface area contributed by atoms with E-state index in [1.54, 1.807) is 6.26 Å². The van der Waals surface area contributed by atoms with Gasteiger partial charge >= 0.3 is 7.82 Å². The van der Waals surface area contributed by atoms with Gasteiger partial charge in [0.15, 0.2) is 0 Å². The Bertz CT molecular complexity index is 653. The van der Waals surface area contributed by atoms with Crippen LogP contribution in [0.1, 0.15) is 90.4 Å². The highest BCUT2D eigenvalue weighted by Gasteiger charge is 2.25. The fourth-order valence-electron chi connectivity index (χ4n) is 3.77.